The van der Waals surface area contributed by atoms with E-state index in [-0.39, 0.29) is 18.4 Å². The largest absolute Gasteiger partial charge is 0.465 e. The van der Waals surface area contributed by atoms with Crippen molar-refractivity contribution in [3.8, 4) is 0 Å². The van der Waals surface area contributed by atoms with Crippen molar-refractivity contribution in [3.05, 3.63) is 16.3 Å². The number of anilines is 1. The summed E-state index contributed by atoms with van der Waals surface area (Å²) in [5, 5.41) is 10.8. The minimum Gasteiger partial charge on any atom is -0.465 e. The lowest BCUT2D eigenvalue weighted by Crippen LogP contribution is -2.24. The molecule has 1 unspecified atom stereocenters. The van der Waals surface area contributed by atoms with Crippen LogP contribution in [-0.2, 0) is 9.53 Å². The van der Waals surface area contributed by atoms with Crippen molar-refractivity contribution in [1.29, 1.82) is 0 Å². The van der Waals surface area contributed by atoms with Crippen molar-refractivity contribution < 1.29 is 19.4 Å². The Balaban J connectivity index is 2.15. The van der Waals surface area contributed by atoms with Gasteiger partial charge in [0.25, 0.3) is 0 Å². The number of esters is 1. The predicted octanol–water partition coefficient (Wildman–Crippen LogP) is 0.880. The van der Waals surface area contributed by atoms with Crippen LogP contribution < -0.4 is 4.90 Å². The zero-order valence-corrected chi connectivity index (χ0v) is 10.2. The Labute approximate surface area is 103 Å². The van der Waals surface area contributed by atoms with Crippen molar-refractivity contribution in [2.45, 2.75) is 6.42 Å². The molecule has 2 rings (SSSR count). The molecule has 6 heteroatoms. The number of methoxy groups -OCH3 is 1. The second kappa shape index (κ2) is 4.85. The highest BCUT2D eigenvalue weighted by molar-refractivity contribution is 7.12. The third-order valence-corrected chi connectivity index (χ3v) is 3.64. The van der Waals surface area contributed by atoms with Gasteiger partial charge >= 0.3 is 5.97 Å². The van der Waals surface area contributed by atoms with E-state index in [9.17, 15) is 9.59 Å². The molecule has 0 aromatic carbocycles. The van der Waals surface area contributed by atoms with E-state index in [0.717, 1.165) is 0 Å². The van der Waals surface area contributed by atoms with Crippen LogP contribution in [0.25, 0.3) is 0 Å². The molecule has 0 saturated carbocycles. The third kappa shape index (κ3) is 2.32. The summed E-state index contributed by atoms with van der Waals surface area (Å²) in [6, 6.07) is 1.65. The summed E-state index contributed by atoms with van der Waals surface area (Å²) < 4.78 is 4.61. The number of carbonyl (C=O) groups is 2. The van der Waals surface area contributed by atoms with Crippen LogP contribution in [-0.4, -0.2) is 37.2 Å². The highest BCUT2D eigenvalue weighted by Crippen LogP contribution is 2.29. The van der Waals surface area contributed by atoms with Gasteiger partial charge in [0.1, 0.15) is 4.88 Å². The molecule has 1 aromatic heterocycles. The topological polar surface area (TPSA) is 66.8 Å². The van der Waals surface area contributed by atoms with Gasteiger partial charge in [0.15, 0.2) is 0 Å². The SMILES string of the molecule is COC(=O)c1cc(N2CC(CO)CC2=O)cs1. The monoisotopic (exact) mass is 255 g/mol. The Morgan fingerprint density at radius 2 is 2.47 bits per heavy atom. The molecule has 0 radical (unpaired) electrons. The van der Waals surface area contributed by atoms with Crippen LogP contribution in [0.2, 0.25) is 0 Å². The zero-order chi connectivity index (χ0) is 12.4. The molecule has 2 heterocycles. The van der Waals surface area contributed by atoms with Crippen LogP contribution in [0, 0.1) is 5.92 Å². The van der Waals surface area contributed by atoms with Gasteiger partial charge in [0, 0.05) is 30.9 Å². The molecule has 1 N–H and O–H groups in total. The van der Waals surface area contributed by atoms with Gasteiger partial charge in [-0.15, -0.1) is 11.3 Å². The molecule has 1 fully saturated rings. The molecular weight excluding hydrogens is 242 g/mol. The van der Waals surface area contributed by atoms with Crippen LogP contribution in [0.5, 0.6) is 0 Å². The van der Waals surface area contributed by atoms with E-state index in [0.29, 0.717) is 23.5 Å². The summed E-state index contributed by atoms with van der Waals surface area (Å²) >= 11 is 1.25. The Morgan fingerprint density at radius 1 is 1.71 bits per heavy atom. The standard InChI is InChI=1S/C11H13NO4S/c1-16-11(15)9-3-8(6-17-9)12-4-7(5-13)2-10(12)14/h3,6-7,13H,2,4-5H2,1H3. The van der Waals surface area contributed by atoms with Crippen molar-refractivity contribution in [2.75, 3.05) is 25.2 Å². The molecule has 17 heavy (non-hydrogen) atoms. The molecule has 0 aliphatic carbocycles. The van der Waals surface area contributed by atoms with Gasteiger partial charge in [0.2, 0.25) is 5.91 Å². The Bertz CT molecular complexity index is 442. The third-order valence-electron chi connectivity index (χ3n) is 2.75. The molecule has 1 amide bonds. The number of thiophene rings is 1. The van der Waals surface area contributed by atoms with E-state index in [1.165, 1.54) is 18.4 Å². The molecule has 1 aliphatic heterocycles. The van der Waals surface area contributed by atoms with Gasteiger partial charge in [0.05, 0.1) is 12.8 Å². The fraction of sp³-hybridized carbons (Fsp3) is 0.455. The first-order valence-corrected chi connectivity index (χ1v) is 6.11. The lowest BCUT2D eigenvalue weighted by molar-refractivity contribution is -0.117. The van der Waals surface area contributed by atoms with Crippen molar-refractivity contribution in [3.63, 3.8) is 0 Å². The average Bonchev–Trinajstić information content (AvgIpc) is 2.94. The number of hydrogen-bond donors (Lipinski definition) is 1. The number of nitrogens with zero attached hydrogens (tertiary/aromatic N) is 1. The van der Waals surface area contributed by atoms with E-state index in [1.54, 1.807) is 16.3 Å². The summed E-state index contributed by atoms with van der Waals surface area (Å²) in [6.07, 6.45) is 0.361. The summed E-state index contributed by atoms with van der Waals surface area (Å²) in [5.74, 6) is -0.422. The maximum absolute atomic E-state index is 11.7. The number of rotatable bonds is 3. The second-order valence-electron chi connectivity index (χ2n) is 3.92. The van der Waals surface area contributed by atoms with Gasteiger partial charge in [-0.1, -0.05) is 0 Å². The quantitative estimate of drug-likeness (QED) is 0.814. The van der Waals surface area contributed by atoms with Crippen LogP contribution in [0.1, 0.15) is 16.1 Å². The van der Waals surface area contributed by atoms with E-state index < -0.39 is 5.97 Å². The molecular formula is C11H13NO4S. The van der Waals surface area contributed by atoms with E-state index in [2.05, 4.69) is 4.74 Å². The molecule has 0 bridgehead atoms. The Kier molecular flexibility index (Phi) is 3.44. The van der Waals surface area contributed by atoms with E-state index in [4.69, 9.17) is 5.11 Å². The molecule has 5 nitrogen and oxygen atoms in total. The van der Waals surface area contributed by atoms with E-state index >= 15 is 0 Å². The number of aliphatic hydroxyl groups is 1. The van der Waals surface area contributed by atoms with Crippen molar-refractivity contribution in [2.24, 2.45) is 5.92 Å². The fourth-order valence-electron chi connectivity index (χ4n) is 1.83. The molecule has 1 aromatic rings. The first-order chi connectivity index (χ1) is 8.15. The summed E-state index contributed by atoms with van der Waals surface area (Å²) in [6.45, 7) is 0.517. The molecule has 1 saturated heterocycles. The molecule has 92 valence electrons. The maximum Gasteiger partial charge on any atom is 0.348 e. The maximum atomic E-state index is 11.7. The first kappa shape index (κ1) is 12.1. The first-order valence-electron chi connectivity index (χ1n) is 5.23. The molecule has 0 spiro atoms. The summed E-state index contributed by atoms with van der Waals surface area (Å²) in [5.41, 5.74) is 0.705. The minimum atomic E-state index is -0.397. The number of amides is 1. The van der Waals surface area contributed by atoms with Gasteiger partial charge in [-0.05, 0) is 6.07 Å². The lowest BCUT2D eigenvalue weighted by atomic mass is 10.1. The van der Waals surface area contributed by atoms with Gasteiger partial charge in [-0.25, -0.2) is 4.79 Å². The summed E-state index contributed by atoms with van der Waals surface area (Å²) in [4.78, 5) is 25.1. The Morgan fingerprint density at radius 3 is 3.06 bits per heavy atom. The average molecular weight is 255 g/mol. The van der Waals surface area contributed by atoms with Crippen LogP contribution >= 0.6 is 11.3 Å². The number of aliphatic hydroxyl groups excluding tert-OH is 1. The van der Waals surface area contributed by atoms with Crippen molar-refractivity contribution in [1.82, 2.24) is 0 Å². The fourth-order valence-corrected chi connectivity index (χ4v) is 2.64. The zero-order valence-electron chi connectivity index (χ0n) is 9.38. The number of hydrogen-bond acceptors (Lipinski definition) is 5. The minimum absolute atomic E-state index is 0.0102. The lowest BCUT2D eigenvalue weighted by Gasteiger charge is -2.13. The van der Waals surface area contributed by atoms with Gasteiger partial charge in [-0.2, -0.15) is 0 Å². The van der Waals surface area contributed by atoms with Gasteiger partial charge in [-0.3, -0.25) is 4.79 Å². The van der Waals surface area contributed by atoms with E-state index in [1.807, 2.05) is 0 Å². The van der Waals surface area contributed by atoms with Crippen molar-refractivity contribution >= 4 is 28.9 Å². The summed E-state index contributed by atoms with van der Waals surface area (Å²) in [7, 11) is 1.32. The molecule has 1 atom stereocenters. The van der Waals surface area contributed by atoms with Crippen LogP contribution in [0.15, 0.2) is 11.4 Å². The van der Waals surface area contributed by atoms with Gasteiger partial charge < -0.3 is 14.7 Å². The second-order valence-corrected chi connectivity index (χ2v) is 4.83. The Hall–Kier alpha value is -1.40. The van der Waals surface area contributed by atoms with Crippen LogP contribution in [0.4, 0.5) is 5.69 Å². The van der Waals surface area contributed by atoms with Crippen LogP contribution in [0.3, 0.4) is 0 Å². The number of carbonyl (C=O) groups excluding carboxylic acids is 2. The smallest absolute Gasteiger partial charge is 0.348 e. The highest BCUT2D eigenvalue weighted by atomic mass is 32.1. The normalized spacial score (nSPS) is 19.8. The molecule has 1 aliphatic rings. The predicted molar refractivity (Wildman–Crippen MR) is 63.2 cm³/mol. The highest BCUT2D eigenvalue weighted by Gasteiger charge is 2.30. The number of ether oxygens (including phenoxy) is 1.